The maximum atomic E-state index is 5.48. The predicted octanol–water partition coefficient (Wildman–Crippen LogP) is 3.20. The van der Waals surface area contributed by atoms with E-state index in [1.807, 2.05) is 43.7 Å². The summed E-state index contributed by atoms with van der Waals surface area (Å²) in [7, 11) is 3.66. The van der Waals surface area contributed by atoms with Crippen molar-refractivity contribution in [1.29, 1.82) is 0 Å². The van der Waals surface area contributed by atoms with Gasteiger partial charge in [0.2, 0.25) is 0 Å². The number of hydrogen-bond acceptors (Lipinski definition) is 3. The summed E-state index contributed by atoms with van der Waals surface area (Å²) in [4.78, 5) is 4.08. The SMILES string of the molecule is CNCC(c1ccncc1)c1cc(Br)ccc1OC. The number of ether oxygens (including phenoxy) is 1. The number of hydrogen-bond donors (Lipinski definition) is 1. The Morgan fingerprint density at radius 3 is 2.63 bits per heavy atom. The van der Waals surface area contributed by atoms with Crippen molar-refractivity contribution in [3.63, 3.8) is 0 Å². The molecule has 0 aliphatic heterocycles. The van der Waals surface area contributed by atoms with Gasteiger partial charge in [0.25, 0.3) is 0 Å². The van der Waals surface area contributed by atoms with Crippen LogP contribution in [0.4, 0.5) is 0 Å². The van der Waals surface area contributed by atoms with Crippen molar-refractivity contribution in [2.24, 2.45) is 0 Å². The molecule has 1 atom stereocenters. The third kappa shape index (κ3) is 3.33. The van der Waals surface area contributed by atoms with Gasteiger partial charge in [-0.3, -0.25) is 4.98 Å². The smallest absolute Gasteiger partial charge is 0.122 e. The van der Waals surface area contributed by atoms with Gasteiger partial charge >= 0.3 is 0 Å². The Morgan fingerprint density at radius 2 is 2.00 bits per heavy atom. The molecular weight excluding hydrogens is 304 g/mol. The van der Waals surface area contributed by atoms with Crippen molar-refractivity contribution in [3.8, 4) is 5.75 Å². The van der Waals surface area contributed by atoms with E-state index < -0.39 is 0 Å². The first-order valence-electron chi connectivity index (χ1n) is 6.14. The fraction of sp³-hybridized carbons (Fsp3) is 0.267. The monoisotopic (exact) mass is 320 g/mol. The van der Waals surface area contributed by atoms with Crippen LogP contribution >= 0.6 is 15.9 Å². The number of nitrogens with one attached hydrogen (secondary N) is 1. The lowest BCUT2D eigenvalue weighted by atomic mass is 9.91. The van der Waals surface area contributed by atoms with Gasteiger partial charge in [-0.15, -0.1) is 0 Å². The minimum absolute atomic E-state index is 0.237. The first-order valence-corrected chi connectivity index (χ1v) is 6.93. The summed E-state index contributed by atoms with van der Waals surface area (Å²) in [6.07, 6.45) is 3.64. The van der Waals surface area contributed by atoms with E-state index in [9.17, 15) is 0 Å². The van der Waals surface area contributed by atoms with Crippen LogP contribution in [0.5, 0.6) is 5.75 Å². The molecule has 3 nitrogen and oxygen atoms in total. The van der Waals surface area contributed by atoms with E-state index in [0.29, 0.717) is 0 Å². The van der Waals surface area contributed by atoms with Gasteiger partial charge in [0.05, 0.1) is 7.11 Å². The summed E-state index contributed by atoms with van der Waals surface area (Å²) in [6, 6.07) is 10.2. The Balaban J connectivity index is 2.47. The highest BCUT2D eigenvalue weighted by atomic mass is 79.9. The summed E-state index contributed by atoms with van der Waals surface area (Å²) in [6.45, 7) is 0.844. The van der Waals surface area contributed by atoms with Crippen LogP contribution in [0.2, 0.25) is 0 Å². The molecule has 2 aromatic rings. The molecule has 19 heavy (non-hydrogen) atoms. The number of nitrogens with zero attached hydrogens (tertiary/aromatic N) is 1. The molecule has 0 saturated carbocycles. The highest BCUT2D eigenvalue weighted by Crippen LogP contribution is 2.33. The first kappa shape index (κ1) is 14.0. The normalized spacial score (nSPS) is 12.2. The molecule has 0 amide bonds. The van der Waals surface area contributed by atoms with E-state index in [1.165, 1.54) is 5.56 Å². The van der Waals surface area contributed by atoms with Crippen LogP contribution in [0.25, 0.3) is 0 Å². The number of methoxy groups -OCH3 is 1. The van der Waals surface area contributed by atoms with Crippen molar-refractivity contribution in [3.05, 3.63) is 58.3 Å². The second kappa shape index (κ2) is 6.68. The van der Waals surface area contributed by atoms with E-state index >= 15 is 0 Å². The zero-order chi connectivity index (χ0) is 13.7. The summed E-state index contributed by atoms with van der Waals surface area (Å²) < 4.78 is 6.54. The predicted molar refractivity (Wildman–Crippen MR) is 80.7 cm³/mol. The third-order valence-corrected chi connectivity index (χ3v) is 3.58. The summed E-state index contributed by atoms with van der Waals surface area (Å²) in [5.74, 6) is 1.14. The molecule has 1 heterocycles. The third-order valence-electron chi connectivity index (χ3n) is 3.08. The number of pyridine rings is 1. The highest BCUT2D eigenvalue weighted by Gasteiger charge is 2.18. The Kier molecular flexibility index (Phi) is 4.93. The number of rotatable bonds is 5. The van der Waals surface area contributed by atoms with Gasteiger partial charge in [-0.05, 0) is 42.9 Å². The van der Waals surface area contributed by atoms with Gasteiger partial charge in [0.1, 0.15) is 5.75 Å². The van der Waals surface area contributed by atoms with E-state index in [4.69, 9.17) is 4.74 Å². The molecule has 4 heteroatoms. The molecule has 0 saturated heterocycles. The summed E-state index contributed by atoms with van der Waals surface area (Å²) in [5, 5.41) is 3.24. The van der Waals surface area contributed by atoms with Crippen molar-refractivity contribution >= 4 is 15.9 Å². The second-order valence-electron chi connectivity index (χ2n) is 4.28. The Labute approximate surface area is 122 Å². The molecule has 1 N–H and O–H groups in total. The number of halogens is 1. The van der Waals surface area contributed by atoms with Crippen LogP contribution in [0.15, 0.2) is 47.2 Å². The van der Waals surface area contributed by atoms with Gasteiger partial charge in [0, 0.05) is 34.9 Å². The number of benzene rings is 1. The van der Waals surface area contributed by atoms with Crippen LogP contribution < -0.4 is 10.1 Å². The maximum Gasteiger partial charge on any atom is 0.122 e. The fourth-order valence-corrected chi connectivity index (χ4v) is 2.56. The van der Waals surface area contributed by atoms with Crippen LogP contribution in [0.1, 0.15) is 17.0 Å². The first-order chi connectivity index (χ1) is 9.26. The van der Waals surface area contributed by atoms with Crippen LogP contribution in [-0.2, 0) is 0 Å². The molecule has 100 valence electrons. The highest BCUT2D eigenvalue weighted by molar-refractivity contribution is 9.10. The quantitative estimate of drug-likeness (QED) is 0.918. The lowest BCUT2D eigenvalue weighted by molar-refractivity contribution is 0.407. The largest absolute Gasteiger partial charge is 0.496 e. The molecule has 0 spiro atoms. The van der Waals surface area contributed by atoms with Crippen molar-refractivity contribution in [1.82, 2.24) is 10.3 Å². The average molecular weight is 321 g/mol. The minimum atomic E-state index is 0.237. The van der Waals surface area contributed by atoms with Crippen molar-refractivity contribution < 1.29 is 4.74 Å². The zero-order valence-corrected chi connectivity index (χ0v) is 12.6. The van der Waals surface area contributed by atoms with Crippen LogP contribution in [0.3, 0.4) is 0 Å². The van der Waals surface area contributed by atoms with Gasteiger partial charge in [-0.2, -0.15) is 0 Å². The Bertz CT molecular complexity index is 531. The van der Waals surface area contributed by atoms with Gasteiger partial charge < -0.3 is 10.1 Å². The second-order valence-corrected chi connectivity index (χ2v) is 5.19. The molecular formula is C15H17BrN2O. The molecule has 0 aliphatic carbocycles. The molecule has 0 fully saturated rings. The average Bonchev–Trinajstić information content (AvgIpc) is 2.45. The molecule has 0 aliphatic rings. The van der Waals surface area contributed by atoms with Crippen molar-refractivity contribution in [2.75, 3.05) is 20.7 Å². The molecule has 2 rings (SSSR count). The van der Waals surface area contributed by atoms with E-state index in [-0.39, 0.29) is 5.92 Å². The summed E-state index contributed by atoms with van der Waals surface area (Å²) in [5.41, 5.74) is 2.39. The van der Waals surface area contributed by atoms with E-state index in [1.54, 1.807) is 7.11 Å². The molecule has 1 aromatic heterocycles. The summed E-state index contributed by atoms with van der Waals surface area (Å²) >= 11 is 3.53. The molecule has 1 aromatic carbocycles. The fourth-order valence-electron chi connectivity index (χ4n) is 2.18. The number of likely N-dealkylation sites (N-methyl/N-ethyl adjacent to an activating group) is 1. The van der Waals surface area contributed by atoms with Crippen molar-refractivity contribution in [2.45, 2.75) is 5.92 Å². The van der Waals surface area contributed by atoms with Gasteiger partial charge in [-0.25, -0.2) is 0 Å². The molecule has 1 unspecified atom stereocenters. The molecule has 0 bridgehead atoms. The number of aromatic nitrogens is 1. The van der Waals surface area contributed by atoms with Gasteiger partial charge in [0.15, 0.2) is 0 Å². The molecule has 0 radical (unpaired) electrons. The Hall–Kier alpha value is -1.39. The lowest BCUT2D eigenvalue weighted by Crippen LogP contribution is -2.19. The standard InChI is InChI=1S/C15H17BrN2O/c1-17-10-14(11-5-7-18-8-6-11)13-9-12(16)3-4-15(13)19-2/h3-9,14,17H,10H2,1-2H3. The zero-order valence-electron chi connectivity index (χ0n) is 11.1. The van der Waals surface area contributed by atoms with E-state index in [2.05, 4.69) is 32.3 Å². The van der Waals surface area contributed by atoms with E-state index in [0.717, 1.165) is 22.3 Å². The van der Waals surface area contributed by atoms with Crippen LogP contribution in [-0.4, -0.2) is 25.7 Å². The topological polar surface area (TPSA) is 34.2 Å². The lowest BCUT2D eigenvalue weighted by Gasteiger charge is -2.20. The minimum Gasteiger partial charge on any atom is -0.496 e. The maximum absolute atomic E-state index is 5.48. The van der Waals surface area contributed by atoms with Crippen LogP contribution in [0, 0.1) is 0 Å². The Morgan fingerprint density at radius 1 is 1.26 bits per heavy atom. The van der Waals surface area contributed by atoms with Gasteiger partial charge in [-0.1, -0.05) is 15.9 Å².